The average molecular weight is 422 g/mol. The Morgan fingerprint density at radius 1 is 1.04 bits per heavy atom. The maximum atomic E-state index is 12.9. The number of nitrogens with one attached hydrogen (secondary N) is 1. The van der Waals surface area contributed by atoms with Gasteiger partial charge in [0.05, 0.1) is 10.9 Å². The minimum absolute atomic E-state index is 0.0556. The van der Waals surface area contributed by atoms with Gasteiger partial charge < -0.3 is 0 Å². The van der Waals surface area contributed by atoms with Crippen LogP contribution in [0.3, 0.4) is 0 Å². The number of Topliss-reactive ketones (excluding diaryl/α,β-unsaturated/α-hetero) is 1. The zero-order chi connectivity index (χ0) is 20.7. The number of aryl methyl sites for hydroxylation is 1. The van der Waals surface area contributed by atoms with Crippen molar-refractivity contribution < 1.29 is 13.2 Å². The van der Waals surface area contributed by atoms with E-state index >= 15 is 0 Å². The largest absolute Gasteiger partial charge is 0.299 e. The monoisotopic (exact) mass is 421 g/mol. The number of sulfonamides is 1. The van der Waals surface area contributed by atoms with E-state index < -0.39 is 22.0 Å². The molecule has 1 N–H and O–H groups in total. The molecule has 0 saturated heterocycles. The van der Waals surface area contributed by atoms with Gasteiger partial charge in [0.15, 0.2) is 0 Å². The normalized spacial score (nSPS) is 13.9. The second kappa shape index (κ2) is 10.2. The van der Waals surface area contributed by atoms with Crippen LogP contribution in [0.2, 0.25) is 5.02 Å². The van der Waals surface area contributed by atoms with E-state index in [2.05, 4.69) is 11.6 Å². The van der Waals surface area contributed by atoms with Gasteiger partial charge in [-0.1, -0.05) is 68.1 Å². The zero-order valence-electron chi connectivity index (χ0n) is 16.6. The number of hydrogen-bond acceptors (Lipinski definition) is 3. The van der Waals surface area contributed by atoms with Crippen molar-refractivity contribution in [2.75, 3.05) is 0 Å². The van der Waals surface area contributed by atoms with Crippen molar-refractivity contribution in [3.05, 3.63) is 64.7 Å². The molecular weight excluding hydrogens is 394 g/mol. The SMILES string of the molecule is CCCCCC(=O)C(C)C(NS(=O)(=O)c1ccc(C)cc1)c1ccc(Cl)cc1. The van der Waals surface area contributed by atoms with Crippen molar-refractivity contribution in [3.8, 4) is 0 Å². The number of hydrogen-bond donors (Lipinski definition) is 1. The summed E-state index contributed by atoms with van der Waals surface area (Å²) in [5, 5.41) is 0.561. The molecule has 0 bridgehead atoms. The molecule has 0 aromatic heterocycles. The number of rotatable bonds is 10. The van der Waals surface area contributed by atoms with Crippen LogP contribution in [0.5, 0.6) is 0 Å². The highest BCUT2D eigenvalue weighted by atomic mass is 35.5. The minimum Gasteiger partial charge on any atom is -0.299 e. The molecule has 28 heavy (non-hydrogen) atoms. The number of ketones is 1. The third-order valence-corrected chi connectivity index (χ3v) is 6.59. The predicted molar refractivity (Wildman–Crippen MR) is 114 cm³/mol. The molecule has 6 heteroatoms. The van der Waals surface area contributed by atoms with E-state index in [0.29, 0.717) is 11.4 Å². The van der Waals surface area contributed by atoms with Crippen LogP contribution in [-0.4, -0.2) is 14.2 Å². The summed E-state index contributed by atoms with van der Waals surface area (Å²) in [6, 6.07) is 12.9. The van der Waals surface area contributed by atoms with Crippen molar-refractivity contribution in [2.45, 2.75) is 57.4 Å². The molecule has 2 rings (SSSR count). The van der Waals surface area contributed by atoms with Gasteiger partial charge in [0, 0.05) is 17.4 Å². The van der Waals surface area contributed by atoms with E-state index in [0.717, 1.165) is 30.4 Å². The van der Waals surface area contributed by atoms with E-state index in [1.165, 1.54) is 0 Å². The summed E-state index contributed by atoms with van der Waals surface area (Å²) >= 11 is 5.98. The van der Waals surface area contributed by atoms with Gasteiger partial charge in [-0.3, -0.25) is 4.79 Å². The maximum absolute atomic E-state index is 12.9. The highest BCUT2D eigenvalue weighted by Crippen LogP contribution is 2.28. The third kappa shape index (κ3) is 6.16. The molecule has 0 aliphatic rings. The summed E-state index contributed by atoms with van der Waals surface area (Å²) in [5.41, 5.74) is 1.70. The van der Waals surface area contributed by atoms with E-state index in [9.17, 15) is 13.2 Å². The standard InChI is InChI=1S/C22H28ClNO3S/c1-4-5-6-7-21(25)17(3)22(18-10-12-19(23)13-11-18)24-28(26,27)20-14-8-16(2)9-15-20/h8-15,17,22,24H,4-7H2,1-3H3. The average Bonchev–Trinajstić information content (AvgIpc) is 2.67. The Bertz CT molecular complexity index is 877. The van der Waals surface area contributed by atoms with Gasteiger partial charge in [0.2, 0.25) is 10.0 Å². The second-order valence-electron chi connectivity index (χ2n) is 7.18. The minimum atomic E-state index is -3.77. The lowest BCUT2D eigenvalue weighted by Crippen LogP contribution is -2.35. The first-order valence-electron chi connectivity index (χ1n) is 9.61. The highest BCUT2D eigenvalue weighted by molar-refractivity contribution is 7.89. The molecular formula is C22H28ClNO3S. The van der Waals surface area contributed by atoms with Gasteiger partial charge >= 0.3 is 0 Å². The van der Waals surface area contributed by atoms with Crippen LogP contribution in [0.1, 0.15) is 56.7 Å². The molecule has 0 aliphatic carbocycles. The fourth-order valence-electron chi connectivity index (χ4n) is 3.04. The third-order valence-electron chi connectivity index (χ3n) is 4.88. The summed E-state index contributed by atoms with van der Waals surface area (Å²) < 4.78 is 28.6. The Hall–Kier alpha value is -1.69. The van der Waals surface area contributed by atoms with Crippen LogP contribution in [0, 0.1) is 12.8 Å². The Morgan fingerprint density at radius 2 is 1.64 bits per heavy atom. The summed E-state index contributed by atoms with van der Waals surface area (Å²) in [6.45, 7) is 5.77. The smallest absolute Gasteiger partial charge is 0.241 e. The van der Waals surface area contributed by atoms with Gasteiger partial charge in [-0.15, -0.1) is 0 Å². The lowest BCUT2D eigenvalue weighted by molar-refractivity contribution is -0.123. The first kappa shape index (κ1) is 22.6. The van der Waals surface area contributed by atoms with Crippen LogP contribution in [-0.2, 0) is 14.8 Å². The fourth-order valence-corrected chi connectivity index (χ4v) is 4.48. The molecule has 2 aromatic carbocycles. The van der Waals surface area contributed by atoms with Gasteiger partial charge in [-0.2, -0.15) is 0 Å². The van der Waals surface area contributed by atoms with Crippen LogP contribution in [0.25, 0.3) is 0 Å². The van der Waals surface area contributed by atoms with E-state index in [1.807, 2.05) is 6.92 Å². The lowest BCUT2D eigenvalue weighted by Gasteiger charge is -2.25. The van der Waals surface area contributed by atoms with Gasteiger partial charge in [0.1, 0.15) is 5.78 Å². The number of carbonyl (C=O) groups is 1. The van der Waals surface area contributed by atoms with Crippen molar-refractivity contribution in [1.82, 2.24) is 4.72 Å². The fraction of sp³-hybridized carbons (Fsp3) is 0.409. The summed E-state index contributed by atoms with van der Waals surface area (Å²) in [6.07, 6.45) is 3.28. The molecule has 0 amide bonds. The number of unbranched alkanes of at least 4 members (excludes halogenated alkanes) is 2. The molecule has 0 spiro atoms. The van der Waals surface area contributed by atoms with E-state index in [1.54, 1.807) is 55.5 Å². The Labute approximate surface area is 173 Å². The predicted octanol–water partition coefficient (Wildman–Crippen LogP) is 5.45. The molecule has 0 heterocycles. The number of halogens is 1. The van der Waals surface area contributed by atoms with Gasteiger partial charge in [-0.25, -0.2) is 13.1 Å². The first-order chi connectivity index (χ1) is 13.2. The molecule has 0 aliphatic heterocycles. The quantitative estimate of drug-likeness (QED) is 0.518. The molecule has 0 saturated carbocycles. The maximum Gasteiger partial charge on any atom is 0.241 e. The van der Waals surface area contributed by atoms with Crippen molar-refractivity contribution in [3.63, 3.8) is 0 Å². The first-order valence-corrected chi connectivity index (χ1v) is 11.5. The lowest BCUT2D eigenvalue weighted by atomic mass is 9.89. The van der Waals surface area contributed by atoms with Crippen LogP contribution in [0.4, 0.5) is 0 Å². The van der Waals surface area contributed by atoms with Crippen LogP contribution >= 0.6 is 11.6 Å². The molecule has 2 aromatic rings. The molecule has 2 atom stereocenters. The highest BCUT2D eigenvalue weighted by Gasteiger charge is 2.29. The van der Waals surface area contributed by atoms with E-state index in [-0.39, 0.29) is 10.7 Å². The van der Waals surface area contributed by atoms with Gasteiger partial charge in [-0.05, 0) is 43.2 Å². The van der Waals surface area contributed by atoms with Crippen molar-refractivity contribution >= 4 is 27.4 Å². The summed E-state index contributed by atoms with van der Waals surface area (Å²) in [5.74, 6) is -0.432. The molecule has 0 radical (unpaired) electrons. The number of carbonyl (C=O) groups excluding carboxylic acids is 1. The zero-order valence-corrected chi connectivity index (χ0v) is 18.2. The summed E-state index contributed by atoms with van der Waals surface area (Å²) in [4.78, 5) is 12.9. The molecule has 0 fully saturated rings. The van der Waals surface area contributed by atoms with Crippen molar-refractivity contribution in [1.29, 1.82) is 0 Å². The van der Waals surface area contributed by atoms with Crippen LogP contribution < -0.4 is 4.72 Å². The summed E-state index contributed by atoms with van der Waals surface area (Å²) in [7, 11) is -3.77. The molecule has 152 valence electrons. The Kier molecular flexibility index (Phi) is 8.23. The van der Waals surface area contributed by atoms with Gasteiger partial charge in [0.25, 0.3) is 0 Å². The molecule has 4 nitrogen and oxygen atoms in total. The second-order valence-corrected chi connectivity index (χ2v) is 9.33. The van der Waals surface area contributed by atoms with Crippen molar-refractivity contribution in [2.24, 2.45) is 5.92 Å². The molecule has 2 unspecified atom stereocenters. The topological polar surface area (TPSA) is 63.2 Å². The van der Waals surface area contributed by atoms with Crippen LogP contribution in [0.15, 0.2) is 53.4 Å². The number of benzene rings is 2. The van der Waals surface area contributed by atoms with E-state index in [4.69, 9.17) is 11.6 Å². The Balaban J connectivity index is 2.31. The Morgan fingerprint density at radius 3 is 2.21 bits per heavy atom.